The zero-order valence-electron chi connectivity index (χ0n) is 12.0. The molecule has 19 heavy (non-hydrogen) atoms. The normalized spacial score (nSPS) is 11.6. The average Bonchev–Trinajstić information content (AvgIpc) is 2.64. The van der Waals surface area contributed by atoms with Crippen LogP contribution >= 0.6 is 0 Å². The SMILES string of the molecule is Cc1ccc2c(c1)nc(N)n2CCCCOC(C)C. The molecular formula is C15H23N3O. The van der Waals surface area contributed by atoms with Crippen LogP contribution in [0.3, 0.4) is 0 Å². The van der Waals surface area contributed by atoms with Gasteiger partial charge in [-0.05, 0) is 51.3 Å². The Kier molecular flexibility index (Phi) is 4.43. The second-order valence-electron chi connectivity index (χ2n) is 5.24. The molecule has 4 nitrogen and oxygen atoms in total. The van der Waals surface area contributed by atoms with Gasteiger partial charge in [-0.15, -0.1) is 0 Å². The highest BCUT2D eigenvalue weighted by Gasteiger charge is 2.07. The molecule has 0 aliphatic heterocycles. The maximum Gasteiger partial charge on any atom is 0.201 e. The van der Waals surface area contributed by atoms with Crippen LogP contribution in [-0.4, -0.2) is 22.3 Å². The van der Waals surface area contributed by atoms with Crippen LogP contribution in [0.5, 0.6) is 0 Å². The van der Waals surface area contributed by atoms with E-state index < -0.39 is 0 Å². The molecule has 0 aliphatic carbocycles. The molecule has 1 heterocycles. The zero-order chi connectivity index (χ0) is 13.8. The van der Waals surface area contributed by atoms with Gasteiger partial charge in [-0.1, -0.05) is 6.07 Å². The maximum absolute atomic E-state index is 5.99. The molecule has 2 aromatic rings. The van der Waals surface area contributed by atoms with Crippen molar-refractivity contribution in [3.05, 3.63) is 23.8 Å². The van der Waals surface area contributed by atoms with Gasteiger partial charge in [0.25, 0.3) is 0 Å². The van der Waals surface area contributed by atoms with Crippen molar-refractivity contribution < 1.29 is 4.74 Å². The number of imidazole rings is 1. The molecule has 104 valence electrons. The number of anilines is 1. The molecular weight excluding hydrogens is 238 g/mol. The van der Waals surface area contributed by atoms with Crippen molar-refractivity contribution in [2.24, 2.45) is 0 Å². The van der Waals surface area contributed by atoms with Crippen molar-refractivity contribution in [2.75, 3.05) is 12.3 Å². The van der Waals surface area contributed by atoms with E-state index in [0.717, 1.165) is 37.0 Å². The zero-order valence-corrected chi connectivity index (χ0v) is 12.0. The molecule has 0 unspecified atom stereocenters. The van der Waals surface area contributed by atoms with Crippen LogP contribution in [-0.2, 0) is 11.3 Å². The van der Waals surface area contributed by atoms with Gasteiger partial charge in [0.1, 0.15) is 0 Å². The quantitative estimate of drug-likeness (QED) is 0.813. The van der Waals surface area contributed by atoms with Crippen molar-refractivity contribution in [1.82, 2.24) is 9.55 Å². The first-order chi connectivity index (χ1) is 9.08. The fraction of sp³-hybridized carbons (Fsp3) is 0.533. The molecule has 2 N–H and O–H groups in total. The van der Waals surface area contributed by atoms with Crippen molar-refractivity contribution in [3.63, 3.8) is 0 Å². The Balaban J connectivity index is 1.98. The summed E-state index contributed by atoms with van der Waals surface area (Å²) in [6, 6.07) is 6.27. The van der Waals surface area contributed by atoms with Crippen LogP contribution in [0.25, 0.3) is 11.0 Å². The summed E-state index contributed by atoms with van der Waals surface area (Å²) in [5, 5.41) is 0. The predicted octanol–water partition coefficient (Wildman–Crippen LogP) is 3.13. The molecule has 4 heteroatoms. The van der Waals surface area contributed by atoms with Gasteiger partial charge in [0.15, 0.2) is 0 Å². The fourth-order valence-corrected chi connectivity index (χ4v) is 2.18. The number of fused-ring (bicyclic) bond motifs is 1. The Labute approximate surface area is 114 Å². The van der Waals surface area contributed by atoms with E-state index in [4.69, 9.17) is 10.5 Å². The molecule has 0 fully saturated rings. The van der Waals surface area contributed by atoms with Gasteiger partial charge in [0, 0.05) is 13.2 Å². The van der Waals surface area contributed by atoms with Crippen molar-refractivity contribution >= 4 is 17.0 Å². The van der Waals surface area contributed by atoms with Crippen LogP contribution in [0, 0.1) is 6.92 Å². The molecule has 0 spiro atoms. The van der Waals surface area contributed by atoms with E-state index in [1.54, 1.807) is 0 Å². The number of aromatic nitrogens is 2. The van der Waals surface area contributed by atoms with E-state index in [1.807, 2.05) is 0 Å². The van der Waals surface area contributed by atoms with E-state index in [1.165, 1.54) is 5.56 Å². The average molecular weight is 261 g/mol. The topological polar surface area (TPSA) is 53.1 Å². The molecule has 2 rings (SSSR count). The van der Waals surface area contributed by atoms with Gasteiger partial charge in [0.2, 0.25) is 5.95 Å². The van der Waals surface area contributed by atoms with Crippen molar-refractivity contribution in [3.8, 4) is 0 Å². The minimum atomic E-state index is 0.308. The molecule has 0 saturated carbocycles. The minimum absolute atomic E-state index is 0.308. The lowest BCUT2D eigenvalue weighted by Gasteiger charge is -2.09. The Hall–Kier alpha value is -1.55. The van der Waals surface area contributed by atoms with Gasteiger partial charge in [-0.3, -0.25) is 0 Å². The molecule has 0 amide bonds. The van der Waals surface area contributed by atoms with Gasteiger partial charge >= 0.3 is 0 Å². The van der Waals surface area contributed by atoms with Crippen LogP contribution in [0.4, 0.5) is 5.95 Å². The lowest BCUT2D eigenvalue weighted by atomic mass is 10.2. The summed E-state index contributed by atoms with van der Waals surface area (Å²) in [6.45, 7) is 7.89. The van der Waals surface area contributed by atoms with Gasteiger partial charge in [-0.25, -0.2) is 4.98 Å². The second kappa shape index (κ2) is 6.06. The number of ether oxygens (including phenoxy) is 1. The number of hydrogen-bond acceptors (Lipinski definition) is 3. The monoisotopic (exact) mass is 261 g/mol. The third kappa shape index (κ3) is 3.47. The van der Waals surface area contributed by atoms with Crippen LogP contribution in [0.15, 0.2) is 18.2 Å². The Morgan fingerprint density at radius 2 is 2.11 bits per heavy atom. The van der Waals surface area contributed by atoms with Gasteiger partial charge in [-0.2, -0.15) is 0 Å². The number of nitrogens with zero attached hydrogens (tertiary/aromatic N) is 2. The highest BCUT2D eigenvalue weighted by atomic mass is 16.5. The number of hydrogen-bond donors (Lipinski definition) is 1. The summed E-state index contributed by atoms with van der Waals surface area (Å²) in [7, 11) is 0. The number of nitrogen functional groups attached to an aromatic ring is 1. The summed E-state index contributed by atoms with van der Waals surface area (Å²) >= 11 is 0. The number of nitrogens with two attached hydrogens (primary N) is 1. The maximum atomic E-state index is 5.99. The smallest absolute Gasteiger partial charge is 0.201 e. The Morgan fingerprint density at radius 1 is 1.32 bits per heavy atom. The number of unbranched alkanes of at least 4 members (excludes halogenated alkanes) is 1. The highest BCUT2D eigenvalue weighted by Crippen LogP contribution is 2.19. The summed E-state index contributed by atoms with van der Waals surface area (Å²) in [6.07, 6.45) is 2.40. The summed E-state index contributed by atoms with van der Waals surface area (Å²) < 4.78 is 7.63. The number of rotatable bonds is 6. The molecule has 0 radical (unpaired) electrons. The highest BCUT2D eigenvalue weighted by molar-refractivity contribution is 5.79. The Bertz CT molecular complexity index is 546. The van der Waals surface area contributed by atoms with Crippen molar-refractivity contribution in [2.45, 2.75) is 46.3 Å². The van der Waals surface area contributed by atoms with E-state index in [2.05, 4.69) is 48.5 Å². The lowest BCUT2D eigenvalue weighted by Crippen LogP contribution is -2.07. The first-order valence-electron chi connectivity index (χ1n) is 6.92. The van der Waals surface area contributed by atoms with Crippen LogP contribution < -0.4 is 5.73 Å². The Morgan fingerprint density at radius 3 is 2.84 bits per heavy atom. The van der Waals surface area contributed by atoms with Crippen LogP contribution in [0.2, 0.25) is 0 Å². The van der Waals surface area contributed by atoms with Crippen molar-refractivity contribution in [1.29, 1.82) is 0 Å². The molecule has 1 aromatic carbocycles. The number of benzene rings is 1. The number of aryl methyl sites for hydroxylation is 2. The summed E-state index contributed by atoms with van der Waals surface area (Å²) in [5.74, 6) is 0.602. The second-order valence-corrected chi connectivity index (χ2v) is 5.24. The largest absolute Gasteiger partial charge is 0.379 e. The van der Waals surface area contributed by atoms with E-state index in [0.29, 0.717) is 12.1 Å². The summed E-state index contributed by atoms with van der Waals surface area (Å²) in [5.41, 5.74) is 9.30. The molecule has 0 bridgehead atoms. The third-order valence-corrected chi connectivity index (χ3v) is 3.16. The molecule has 0 saturated heterocycles. The molecule has 1 aromatic heterocycles. The van der Waals surface area contributed by atoms with Gasteiger partial charge in [0.05, 0.1) is 17.1 Å². The minimum Gasteiger partial charge on any atom is -0.379 e. The summed E-state index contributed by atoms with van der Waals surface area (Å²) in [4.78, 5) is 4.41. The van der Waals surface area contributed by atoms with E-state index >= 15 is 0 Å². The van der Waals surface area contributed by atoms with E-state index in [9.17, 15) is 0 Å². The molecule has 0 aliphatic rings. The van der Waals surface area contributed by atoms with Gasteiger partial charge < -0.3 is 15.0 Å². The lowest BCUT2D eigenvalue weighted by molar-refractivity contribution is 0.0755. The third-order valence-electron chi connectivity index (χ3n) is 3.16. The first kappa shape index (κ1) is 13.9. The fourth-order valence-electron chi connectivity index (χ4n) is 2.18. The van der Waals surface area contributed by atoms with E-state index in [-0.39, 0.29) is 0 Å². The van der Waals surface area contributed by atoms with Crippen LogP contribution in [0.1, 0.15) is 32.3 Å². The predicted molar refractivity (Wildman–Crippen MR) is 79.2 cm³/mol. The standard InChI is InChI=1S/C15H23N3O/c1-11(2)19-9-5-4-8-18-14-7-6-12(3)10-13(14)17-15(18)16/h6-7,10-11H,4-5,8-9H2,1-3H3,(H2,16,17). The first-order valence-corrected chi connectivity index (χ1v) is 6.92. The molecule has 0 atom stereocenters.